The zero-order valence-electron chi connectivity index (χ0n) is 18.3. The summed E-state index contributed by atoms with van der Waals surface area (Å²) in [5.41, 5.74) is 3.66. The number of carbonyl (C=O) groups is 1. The molecule has 2 atom stereocenters. The number of carbonyl (C=O) groups excluding carboxylic acids is 1. The number of para-hydroxylation sites is 2. The van der Waals surface area contributed by atoms with Crippen LogP contribution in [0.2, 0.25) is 0 Å². The zero-order chi connectivity index (χ0) is 22.9. The molecule has 3 aromatic carbocycles. The summed E-state index contributed by atoms with van der Waals surface area (Å²) in [5.74, 6) is -0.00202. The number of amides is 1. The second kappa shape index (κ2) is 8.67. The lowest BCUT2D eigenvalue weighted by Gasteiger charge is -2.35. The molecule has 1 aliphatic rings. The summed E-state index contributed by atoms with van der Waals surface area (Å²) in [6, 6.07) is 20.9. The number of rotatable bonds is 5. The van der Waals surface area contributed by atoms with Crippen LogP contribution in [0.1, 0.15) is 29.7 Å². The smallest absolute Gasteiger partial charge is 0.264 e. The highest BCUT2D eigenvalue weighted by Crippen LogP contribution is 2.37. The summed E-state index contributed by atoms with van der Waals surface area (Å²) in [6.07, 6.45) is -0.975. The standard InChI is InChI=1S/C25H26N2O4S/c1-17-13-14-21(18(2)15-17)19(3)26-25(28)24-16-27(22-11-7-8-12-23(22)31-24)32(29,30)20-9-5-4-6-10-20/h4-15,19,24H,16H2,1-3H3,(H,26,28)/t19-,24+/m1/s1. The van der Waals surface area contributed by atoms with E-state index < -0.39 is 16.1 Å². The molecule has 1 heterocycles. The molecule has 166 valence electrons. The number of aryl methyl sites for hydroxylation is 2. The maximum Gasteiger partial charge on any atom is 0.264 e. The Morgan fingerprint density at radius 1 is 1.03 bits per heavy atom. The van der Waals surface area contributed by atoms with Crippen LogP contribution < -0.4 is 14.4 Å². The van der Waals surface area contributed by atoms with Gasteiger partial charge < -0.3 is 10.1 Å². The van der Waals surface area contributed by atoms with E-state index in [-0.39, 0.29) is 23.4 Å². The van der Waals surface area contributed by atoms with Crippen LogP contribution in [-0.4, -0.2) is 27.0 Å². The highest BCUT2D eigenvalue weighted by Gasteiger charge is 2.37. The molecule has 0 radical (unpaired) electrons. The minimum atomic E-state index is -3.86. The molecule has 32 heavy (non-hydrogen) atoms. The maximum absolute atomic E-state index is 13.4. The van der Waals surface area contributed by atoms with Crippen LogP contribution in [0.25, 0.3) is 0 Å². The molecular formula is C25H26N2O4S. The minimum absolute atomic E-state index is 0.111. The van der Waals surface area contributed by atoms with Crippen molar-refractivity contribution in [3.05, 3.63) is 89.5 Å². The number of nitrogens with one attached hydrogen (secondary N) is 1. The Morgan fingerprint density at radius 2 is 1.72 bits per heavy atom. The SMILES string of the molecule is Cc1ccc([C@@H](C)NC(=O)[C@@H]2CN(S(=O)(=O)c3ccccc3)c3ccccc3O2)c(C)c1. The van der Waals surface area contributed by atoms with Crippen LogP contribution >= 0.6 is 0 Å². The first kappa shape index (κ1) is 21.9. The number of hydrogen-bond donors (Lipinski definition) is 1. The quantitative estimate of drug-likeness (QED) is 0.634. The Labute approximate surface area is 188 Å². The van der Waals surface area contributed by atoms with Crippen LogP contribution in [0.3, 0.4) is 0 Å². The molecule has 3 aromatic rings. The Bertz CT molecular complexity index is 1240. The summed E-state index contributed by atoms with van der Waals surface area (Å²) in [5, 5.41) is 2.98. The maximum atomic E-state index is 13.4. The molecule has 0 saturated carbocycles. The molecule has 0 bridgehead atoms. The fraction of sp³-hybridized carbons (Fsp3) is 0.240. The Hall–Kier alpha value is -3.32. The lowest BCUT2D eigenvalue weighted by molar-refractivity contribution is -0.128. The van der Waals surface area contributed by atoms with Crippen molar-refractivity contribution in [1.29, 1.82) is 0 Å². The van der Waals surface area contributed by atoms with Gasteiger partial charge in [-0.05, 0) is 56.2 Å². The van der Waals surface area contributed by atoms with Gasteiger partial charge in [0.1, 0.15) is 5.75 Å². The monoisotopic (exact) mass is 450 g/mol. The van der Waals surface area contributed by atoms with Crippen molar-refractivity contribution in [2.45, 2.75) is 37.8 Å². The first-order valence-electron chi connectivity index (χ1n) is 10.5. The van der Waals surface area contributed by atoms with E-state index in [1.165, 1.54) is 4.31 Å². The molecule has 1 amide bonds. The van der Waals surface area contributed by atoms with Gasteiger partial charge in [0.25, 0.3) is 15.9 Å². The summed E-state index contributed by atoms with van der Waals surface area (Å²) >= 11 is 0. The van der Waals surface area contributed by atoms with E-state index in [4.69, 9.17) is 4.74 Å². The predicted octanol–water partition coefficient (Wildman–Crippen LogP) is 4.14. The number of fused-ring (bicyclic) bond motifs is 1. The molecule has 0 aliphatic carbocycles. The number of ether oxygens (including phenoxy) is 1. The van der Waals surface area contributed by atoms with Gasteiger partial charge in [-0.2, -0.15) is 0 Å². The molecular weight excluding hydrogens is 424 g/mol. The second-order valence-electron chi connectivity index (χ2n) is 8.01. The molecule has 7 heteroatoms. The van der Waals surface area contributed by atoms with Crippen LogP contribution in [0.15, 0.2) is 77.7 Å². The van der Waals surface area contributed by atoms with Crippen molar-refractivity contribution < 1.29 is 17.9 Å². The molecule has 1 N–H and O–H groups in total. The molecule has 0 fully saturated rings. The molecule has 0 unspecified atom stereocenters. The van der Waals surface area contributed by atoms with E-state index in [0.717, 1.165) is 16.7 Å². The fourth-order valence-corrected chi connectivity index (χ4v) is 5.48. The summed E-state index contributed by atoms with van der Waals surface area (Å²) in [6.45, 7) is 5.83. The third-order valence-corrected chi connectivity index (χ3v) is 7.40. The van der Waals surface area contributed by atoms with Crippen molar-refractivity contribution in [2.24, 2.45) is 0 Å². The second-order valence-corrected chi connectivity index (χ2v) is 9.88. The van der Waals surface area contributed by atoms with Gasteiger partial charge >= 0.3 is 0 Å². The summed E-state index contributed by atoms with van der Waals surface area (Å²) in [4.78, 5) is 13.3. The first-order valence-corrected chi connectivity index (χ1v) is 11.9. The van der Waals surface area contributed by atoms with Gasteiger partial charge in [0, 0.05) is 0 Å². The van der Waals surface area contributed by atoms with E-state index >= 15 is 0 Å². The highest BCUT2D eigenvalue weighted by molar-refractivity contribution is 7.92. The summed E-state index contributed by atoms with van der Waals surface area (Å²) < 4.78 is 33.9. The third kappa shape index (κ3) is 4.21. The van der Waals surface area contributed by atoms with Crippen molar-refractivity contribution in [3.63, 3.8) is 0 Å². The van der Waals surface area contributed by atoms with Crippen molar-refractivity contribution in [2.75, 3.05) is 10.8 Å². The lowest BCUT2D eigenvalue weighted by Crippen LogP contribution is -2.51. The topological polar surface area (TPSA) is 75.7 Å². The Balaban J connectivity index is 1.61. The molecule has 6 nitrogen and oxygen atoms in total. The van der Waals surface area contributed by atoms with E-state index in [1.807, 2.05) is 32.9 Å². The van der Waals surface area contributed by atoms with E-state index in [1.54, 1.807) is 54.6 Å². The fourth-order valence-electron chi connectivity index (χ4n) is 3.98. The number of hydrogen-bond acceptors (Lipinski definition) is 4. The van der Waals surface area contributed by atoms with E-state index in [9.17, 15) is 13.2 Å². The number of nitrogens with zero attached hydrogens (tertiary/aromatic N) is 1. The third-order valence-electron chi connectivity index (χ3n) is 5.61. The van der Waals surface area contributed by atoms with Crippen LogP contribution in [0.4, 0.5) is 5.69 Å². The Kier molecular flexibility index (Phi) is 5.93. The van der Waals surface area contributed by atoms with Gasteiger partial charge in [0.15, 0.2) is 6.10 Å². The molecule has 4 rings (SSSR count). The minimum Gasteiger partial charge on any atom is -0.476 e. The van der Waals surface area contributed by atoms with Crippen LogP contribution in [0.5, 0.6) is 5.75 Å². The van der Waals surface area contributed by atoms with Crippen LogP contribution in [-0.2, 0) is 14.8 Å². The van der Waals surface area contributed by atoms with E-state index in [2.05, 4.69) is 11.4 Å². The predicted molar refractivity (Wildman–Crippen MR) is 124 cm³/mol. The molecule has 0 aromatic heterocycles. The van der Waals surface area contributed by atoms with E-state index in [0.29, 0.717) is 11.4 Å². The van der Waals surface area contributed by atoms with Gasteiger partial charge in [0.2, 0.25) is 0 Å². The zero-order valence-corrected chi connectivity index (χ0v) is 19.1. The van der Waals surface area contributed by atoms with Crippen LogP contribution in [0, 0.1) is 13.8 Å². The van der Waals surface area contributed by atoms with Crippen molar-refractivity contribution in [3.8, 4) is 5.75 Å². The molecule has 1 aliphatic heterocycles. The average Bonchev–Trinajstić information content (AvgIpc) is 2.78. The largest absolute Gasteiger partial charge is 0.476 e. The van der Waals surface area contributed by atoms with Gasteiger partial charge in [0.05, 0.1) is 23.2 Å². The number of anilines is 1. The number of benzene rings is 3. The highest BCUT2D eigenvalue weighted by atomic mass is 32.2. The van der Waals surface area contributed by atoms with Crippen molar-refractivity contribution in [1.82, 2.24) is 5.32 Å². The Morgan fingerprint density at radius 3 is 2.44 bits per heavy atom. The summed E-state index contributed by atoms with van der Waals surface area (Å²) in [7, 11) is -3.86. The lowest BCUT2D eigenvalue weighted by atomic mass is 10.00. The van der Waals surface area contributed by atoms with Gasteiger partial charge in [-0.3, -0.25) is 9.10 Å². The normalized spacial score (nSPS) is 16.6. The average molecular weight is 451 g/mol. The first-order chi connectivity index (χ1) is 15.3. The molecule has 0 spiro atoms. The van der Waals surface area contributed by atoms with Gasteiger partial charge in [-0.25, -0.2) is 8.42 Å². The van der Waals surface area contributed by atoms with Gasteiger partial charge in [-0.1, -0.05) is 54.1 Å². The molecule has 0 saturated heterocycles. The van der Waals surface area contributed by atoms with Crippen molar-refractivity contribution >= 4 is 21.6 Å². The number of sulfonamides is 1. The van der Waals surface area contributed by atoms with Gasteiger partial charge in [-0.15, -0.1) is 0 Å².